The molecule has 136 valence electrons. The van der Waals surface area contributed by atoms with E-state index in [9.17, 15) is 18.8 Å². The molecular weight excluding hydrogens is 343 g/mol. The third-order valence-electron chi connectivity index (χ3n) is 4.30. The minimum absolute atomic E-state index is 0.00667. The topological polar surface area (TPSA) is 99.9 Å². The number of furan rings is 1. The number of benzene rings is 1. The number of carbonyl (C=O) groups excluding carboxylic acids is 2. The molecule has 1 aliphatic rings. The lowest BCUT2D eigenvalue weighted by Crippen LogP contribution is -2.36. The van der Waals surface area contributed by atoms with E-state index >= 15 is 0 Å². The standard InChI is InChI=1S/C18H17FN2O5/c1-10-15(18(24)25)8-13(26-10)9-20-16(22)14-6-7-21(17(14)23)12-4-2-11(19)3-5-12/h2-5,8,14H,6-7,9H2,1H3,(H,20,22)(H,24,25). The third-order valence-corrected chi connectivity index (χ3v) is 4.30. The minimum atomic E-state index is -1.11. The summed E-state index contributed by atoms with van der Waals surface area (Å²) >= 11 is 0. The van der Waals surface area contributed by atoms with E-state index in [4.69, 9.17) is 9.52 Å². The Hall–Kier alpha value is -3.16. The van der Waals surface area contributed by atoms with Gasteiger partial charge in [-0.1, -0.05) is 0 Å². The van der Waals surface area contributed by atoms with E-state index in [1.807, 2.05) is 0 Å². The number of hydrogen-bond acceptors (Lipinski definition) is 4. The number of halogens is 1. The first-order valence-electron chi connectivity index (χ1n) is 8.04. The van der Waals surface area contributed by atoms with Crippen molar-refractivity contribution < 1.29 is 28.3 Å². The summed E-state index contributed by atoms with van der Waals surface area (Å²) in [5.74, 6) is -2.60. The fourth-order valence-electron chi connectivity index (χ4n) is 2.94. The molecule has 0 saturated carbocycles. The zero-order valence-corrected chi connectivity index (χ0v) is 14.0. The van der Waals surface area contributed by atoms with Crippen molar-refractivity contribution in [2.75, 3.05) is 11.4 Å². The summed E-state index contributed by atoms with van der Waals surface area (Å²) < 4.78 is 18.3. The van der Waals surface area contributed by atoms with Crippen LogP contribution in [-0.2, 0) is 16.1 Å². The first-order chi connectivity index (χ1) is 12.4. The molecule has 1 aromatic heterocycles. The quantitative estimate of drug-likeness (QED) is 0.796. The van der Waals surface area contributed by atoms with Crippen LogP contribution in [0.5, 0.6) is 0 Å². The third kappa shape index (κ3) is 3.44. The second-order valence-corrected chi connectivity index (χ2v) is 6.01. The van der Waals surface area contributed by atoms with Crippen LogP contribution >= 0.6 is 0 Å². The molecule has 0 spiro atoms. The molecule has 26 heavy (non-hydrogen) atoms. The number of carboxylic acid groups (broad SMARTS) is 1. The van der Waals surface area contributed by atoms with Gasteiger partial charge in [-0.05, 0) is 43.7 Å². The number of anilines is 1. The highest BCUT2D eigenvalue weighted by Gasteiger charge is 2.37. The monoisotopic (exact) mass is 360 g/mol. The summed E-state index contributed by atoms with van der Waals surface area (Å²) in [6.45, 7) is 1.88. The smallest absolute Gasteiger partial charge is 0.339 e. The lowest BCUT2D eigenvalue weighted by atomic mass is 10.1. The number of amides is 2. The first kappa shape index (κ1) is 17.7. The van der Waals surface area contributed by atoms with Crippen LogP contribution in [0.2, 0.25) is 0 Å². The van der Waals surface area contributed by atoms with Crippen LogP contribution in [0.1, 0.15) is 28.3 Å². The molecule has 1 atom stereocenters. The van der Waals surface area contributed by atoms with Gasteiger partial charge < -0.3 is 19.7 Å². The van der Waals surface area contributed by atoms with Crippen molar-refractivity contribution in [3.8, 4) is 0 Å². The van der Waals surface area contributed by atoms with Gasteiger partial charge in [0.15, 0.2) is 0 Å². The maximum absolute atomic E-state index is 13.0. The predicted octanol–water partition coefficient (Wildman–Crippen LogP) is 2.09. The van der Waals surface area contributed by atoms with Gasteiger partial charge in [-0.15, -0.1) is 0 Å². The Morgan fingerprint density at radius 3 is 2.65 bits per heavy atom. The number of nitrogens with one attached hydrogen (secondary N) is 1. The van der Waals surface area contributed by atoms with E-state index in [1.54, 1.807) is 0 Å². The Kier molecular flexibility index (Phi) is 4.75. The SMILES string of the molecule is Cc1oc(CNC(=O)C2CCN(c3ccc(F)cc3)C2=O)cc1C(=O)O. The van der Waals surface area contributed by atoms with Gasteiger partial charge in [0.1, 0.15) is 28.8 Å². The highest BCUT2D eigenvalue weighted by Crippen LogP contribution is 2.25. The molecule has 2 N–H and O–H groups in total. The van der Waals surface area contributed by atoms with Gasteiger partial charge in [-0.25, -0.2) is 9.18 Å². The van der Waals surface area contributed by atoms with E-state index in [2.05, 4.69) is 5.32 Å². The number of hydrogen-bond donors (Lipinski definition) is 2. The Balaban J connectivity index is 1.62. The van der Waals surface area contributed by atoms with Gasteiger partial charge in [0, 0.05) is 12.2 Å². The van der Waals surface area contributed by atoms with Crippen molar-refractivity contribution in [1.29, 1.82) is 0 Å². The molecule has 0 bridgehead atoms. The molecular formula is C18H17FN2O5. The molecule has 1 unspecified atom stereocenters. The zero-order valence-electron chi connectivity index (χ0n) is 14.0. The van der Waals surface area contributed by atoms with E-state index in [0.717, 1.165) is 0 Å². The molecule has 0 aliphatic carbocycles. The molecule has 1 aliphatic heterocycles. The molecule has 3 rings (SSSR count). The van der Waals surface area contributed by atoms with E-state index < -0.39 is 23.6 Å². The molecule has 1 aromatic carbocycles. The van der Waals surface area contributed by atoms with Crippen molar-refractivity contribution in [3.63, 3.8) is 0 Å². The summed E-state index contributed by atoms with van der Waals surface area (Å²) in [7, 11) is 0. The van der Waals surface area contributed by atoms with E-state index in [1.165, 1.54) is 42.2 Å². The number of aryl methyl sites for hydroxylation is 1. The summed E-state index contributed by atoms with van der Waals surface area (Å²) in [6, 6.07) is 6.85. The maximum Gasteiger partial charge on any atom is 0.339 e. The summed E-state index contributed by atoms with van der Waals surface area (Å²) in [5, 5.41) is 11.6. The van der Waals surface area contributed by atoms with Gasteiger partial charge in [-0.3, -0.25) is 9.59 Å². The molecule has 8 heteroatoms. The van der Waals surface area contributed by atoms with Crippen LogP contribution in [0.4, 0.5) is 10.1 Å². The molecule has 1 fully saturated rings. The lowest BCUT2D eigenvalue weighted by Gasteiger charge is -2.16. The summed E-state index contributed by atoms with van der Waals surface area (Å²) in [4.78, 5) is 37.2. The lowest BCUT2D eigenvalue weighted by molar-refractivity contribution is -0.132. The molecule has 2 aromatic rings. The average Bonchev–Trinajstić information content (AvgIpc) is 3.16. The van der Waals surface area contributed by atoms with Gasteiger partial charge in [0.2, 0.25) is 11.8 Å². The van der Waals surface area contributed by atoms with Crippen LogP contribution in [0.25, 0.3) is 0 Å². The normalized spacial score (nSPS) is 16.8. The van der Waals surface area contributed by atoms with Crippen LogP contribution < -0.4 is 10.2 Å². The van der Waals surface area contributed by atoms with Crippen molar-refractivity contribution in [3.05, 3.63) is 53.2 Å². The summed E-state index contributed by atoms with van der Waals surface area (Å²) in [5.41, 5.74) is 0.577. The van der Waals surface area contributed by atoms with Crippen LogP contribution in [-0.4, -0.2) is 29.4 Å². The Morgan fingerprint density at radius 2 is 2.04 bits per heavy atom. The van der Waals surface area contributed by atoms with Gasteiger partial charge in [0.25, 0.3) is 0 Å². The fraction of sp³-hybridized carbons (Fsp3) is 0.278. The molecule has 1 saturated heterocycles. The molecule has 2 heterocycles. The van der Waals surface area contributed by atoms with Crippen molar-refractivity contribution >= 4 is 23.5 Å². The van der Waals surface area contributed by atoms with Crippen molar-refractivity contribution in [2.45, 2.75) is 19.9 Å². The fourth-order valence-corrected chi connectivity index (χ4v) is 2.94. The number of carboxylic acids is 1. The number of carbonyl (C=O) groups is 3. The minimum Gasteiger partial charge on any atom is -0.478 e. The first-order valence-corrected chi connectivity index (χ1v) is 8.04. The van der Waals surface area contributed by atoms with Gasteiger partial charge >= 0.3 is 5.97 Å². The average molecular weight is 360 g/mol. The van der Waals surface area contributed by atoms with Gasteiger partial charge in [-0.2, -0.15) is 0 Å². The Labute approximate surface area is 148 Å². The van der Waals surface area contributed by atoms with Crippen LogP contribution in [0.3, 0.4) is 0 Å². The summed E-state index contributed by atoms with van der Waals surface area (Å²) in [6.07, 6.45) is 0.347. The van der Waals surface area contributed by atoms with E-state index in [0.29, 0.717) is 24.4 Å². The largest absolute Gasteiger partial charge is 0.478 e. The van der Waals surface area contributed by atoms with Crippen molar-refractivity contribution in [1.82, 2.24) is 5.32 Å². The predicted molar refractivity (Wildman–Crippen MR) is 89.1 cm³/mol. The zero-order chi connectivity index (χ0) is 18.8. The molecule has 2 amide bonds. The highest BCUT2D eigenvalue weighted by molar-refractivity contribution is 6.09. The number of rotatable bonds is 5. The number of aromatic carboxylic acids is 1. The second-order valence-electron chi connectivity index (χ2n) is 6.01. The molecule has 0 radical (unpaired) electrons. The van der Waals surface area contributed by atoms with E-state index in [-0.39, 0.29) is 23.8 Å². The second kappa shape index (κ2) is 6.99. The number of nitrogens with zero attached hydrogens (tertiary/aromatic N) is 1. The maximum atomic E-state index is 13.0. The van der Waals surface area contributed by atoms with Crippen LogP contribution in [0, 0.1) is 18.7 Å². The van der Waals surface area contributed by atoms with Gasteiger partial charge in [0.05, 0.1) is 6.54 Å². The Morgan fingerprint density at radius 1 is 1.35 bits per heavy atom. The van der Waals surface area contributed by atoms with Crippen molar-refractivity contribution in [2.24, 2.45) is 5.92 Å². The Bertz CT molecular complexity index is 859. The highest BCUT2D eigenvalue weighted by atomic mass is 19.1. The molecule has 7 nitrogen and oxygen atoms in total. The van der Waals surface area contributed by atoms with Crippen LogP contribution in [0.15, 0.2) is 34.7 Å².